The van der Waals surface area contributed by atoms with Crippen LogP contribution in [0.25, 0.3) is 0 Å². The summed E-state index contributed by atoms with van der Waals surface area (Å²) in [6, 6.07) is 20.5. The molecule has 1 aromatic heterocycles. The maximum atomic E-state index is 13.3. The van der Waals surface area contributed by atoms with Crippen LogP contribution in [0.1, 0.15) is 22.9 Å². The summed E-state index contributed by atoms with van der Waals surface area (Å²) in [6.07, 6.45) is 2.02. The lowest BCUT2D eigenvalue weighted by Gasteiger charge is -2.36. The van der Waals surface area contributed by atoms with Gasteiger partial charge in [0.2, 0.25) is 10.0 Å². The zero-order valence-corrected chi connectivity index (χ0v) is 14.9. The molecule has 128 valence electrons. The summed E-state index contributed by atoms with van der Waals surface area (Å²) in [4.78, 5) is 0.340. The predicted octanol–water partition coefficient (Wildman–Crippen LogP) is 3.59. The Morgan fingerprint density at radius 1 is 0.880 bits per heavy atom. The Kier molecular flexibility index (Phi) is 3.98. The van der Waals surface area contributed by atoms with Crippen LogP contribution in [0, 0.1) is 6.92 Å². The van der Waals surface area contributed by atoms with E-state index in [9.17, 15) is 8.42 Å². The summed E-state index contributed by atoms with van der Waals surface area (Å²) in [7, 11) is -3.57. The van der Waals surface area contributed by atoms with E-state index in [-0.39, 0.29) is 6.04 Å². The molecule has 0 saturated heterocycles. The molecule has 4 rings (SSSR count). The van der Waals surface area contributed by atoms with Crippen molar-refractivity contribution < 1.29 is 8.42 Å². The third-order valence-corrected chi connectivity index (χ3v) is 6.62. The van der Waals surface area contributed by atoms with Gasteiger partial charge in [0.15, 0.2) is 0 Å². The van der Waals surface area contributed by atoms with E-state index in [0.717, 1.165) is 16.8 Å². The van der Waals surface area contributed by atoms with Crippen molar-refractivity contribution in [3.8, 4) is 0 Å². The van der Waals surface area contributed by atoms with Crippen molar-refractivity contribution in [2.75, 3.05) is 6.54 Å². The second-order valence-corrected chi connectivity index (χ2v) is 8.26. The van der Waals surface area contributed by atoms with Crippen LogP contribution in [0.4, 0.5) is 0 Å². The number of sulfonamides is 1. The van der Waals surface area contributed by atoms with Gasteiger partial charge in [-0.1, -0.05) is 48.0 Å². The molecule has 0 spiro atoms. The van der Waals surface area contributed by atoms with Gasteiger partial charge < -0.3 is 4.57 Å². The molecule has 3 aromatic rings. The third kappa shape index (κ3) is 2.79. The van der Waals surface area contributed by atoms with Crippen LogP contribution in [0.15, 0.2) is 77.8 Å². The van der Waals surface area contributed by atoms with Crippen molar-refractivity contribution >= 4 is 10.0 Å². The molecule has 0 radical (unpaired) electrons. The Morgan fingerprint density at radius 2 is 1.60 bits per heavy atom. The van der Waals surface area contributed by atoms with E-state index >= 15 is 0 Å². The number of hydrogen-bond acceptors (Lipinski definition) is 2. The molecule has 2 heterocycles. The Bertz CT molecular complexity index is 976. The van der Waals surface area contributed by atoms with Gasteiger partial charge in [0.05, 0.1) is 10.9 Å². The molecule has 1 aliphatic heterocycles. The van der Waals surface area contributed by atoms with E-state index in [0.29, 0.717) is 18.0 Å². The molecule has 0 N–H and O–H groups in total. The highest BCUT2D eigenvalue weighted by molar-refractivity contribution is 7.89. The van der Waals surface area contributed by atoms with E-state index < -0.39 is 10.0 Å². The molecule has 1 unspecified atom stereocenters. The lowest BCUT2D eigenvalue weighted by Crippen LogP contribution is -2.42. The minimum atomic E-state index is -3.57. The van der Waals surface area contributed by atoms with Crippen molar-refractivity contribution in [3.05, 3.63) is 89.7 Å². The Hall–Kier alpha value is -2.37. The Balaban J connectivity index is 1.85. The van der Waals surface area contributed by atoms with Crippen LogP contribution in [0.2, 0.25) is 0 Å². The molecule has 5 heteroatoms. The average molecular weight is 352 g/mol. The van der Waals surface area contributed by atoms with Crippen molar-refractivity contribution in [2.45, 2.75) is 24.4 Å². The molecule has 0 saturated carbocycles. The molecule has 2 aromatic carbocycles. The fourth-order valence-electron chi connectivity index (χ4n) is 3.43. The summed E-state index contributed by atoms with van der Waals surface area (Å²) in [6.45, 7) is 3.15. The van der Waals surface area contributed by atoms with E-state index in [4.69, 9.17) is 0 Å². The number of aryl methyl sites for hydroxylation is 1. The molecule has 0 amide bonds. The molecule has 1 atom stereocenters. The Labute approximate surface area is 148 Å². The highest BCUT2D eigenvalue weighted by atomic mass is 32.2. The summed E-state index contributed by atoms with van der Waals surface area (Å²) >= 11 is 0. The number of benzene rings is 2. The fraction of sp³-hybridized carbons (Fsp3) is 0.200. The quantitative estimate of drug-likeness (QED) is 0.723. The monoisotopic (exact) mass is 352 g/mol. The molecule has 25 heavy (non-hydrogen) atoms. The van der Waals surface area contributed by atoms with Gasteiger partial charge in [-0.05, 0) is 36.8 Å². The summed E-state index contributed by atoms with van der Waals surface area (Å²) in [5, 5.41) is 0. The van der Waals surface area contributed by atoms with Gasteiger partial charge in [0, 0.05) is 25.0 Å². The van der Waals surface area contributed by atoms with E-state index in [1.165, 1.54) is 0 Å². The molecule has 0 bridgehead atoms. The maximum Gasteiger partial charge on any atom is 0.244 e. The number of fused-ring (bicyclic) bond motifs is 1. The normalized spacial score (nSPS) is 18.0. The van der Waals surface area contributed by atoms with Crippen molar-refractivity contribution in [2.24, 2.45) is 0 Å². The van der Waals surface area contributed by atoms with Crippen LogP contribution >= 0.6 is 0 Å². The van der Waals surface area contributed by atoms with Crippen molar-refractivity contribution in [1.82, 2.24) is 8.87 Å². The molecular formula is C20H20N2O2S. The SMILES string of the molecule is Cc1ccc(C2c3cccn3CCN2S(=O)(=O)c2ccccc2)cc1. The third-order valence-electron chi connectivity index (χ3n) is 4.74. The zero-order valence-electron chi connectivity index (χ0n) is 14.0. The van der Waals surface area contributed by atoms with Crippen LogP contribution in [0.3, 0.4) is 0 Å². The van der Waals surface area contributed by atoms with Gasteiger partial charge in [-0.25, -0.2) is 8.42 Å². The van der Waals surface area contributed by atoms with Gasteiger partial charge >= 0.3 is 0 Å². The summed E-state index contributed by atoms with van der Waals surface area (Å²) in [5.74, 6) is 0. The first-order valence-electron chi connectivity index (χ1n) is 8.36. The topological polar surface area (TPSA) is 42.3 Å². The standard InChI is InChI=1S/C20H20N2O2S/c1-16-9-11-17(12-10-16)20-19-8-5-13-21(19)14-15-22(20)25(23,24)18-6-3-2-4-7-18/h2-13,20H,14-15H2,1H3. The van der Waals surface area contributed by atoms with Crippen LogP contribution in [-0.2, 0) is 16.6 Å². The largest absolute Gasteiger partial charge is 0.348 e. The number of aromatic nitrogens is 1. The Morgan fingerprint density at radius 3 is 2.32 bits per heavy atom. The van der Waals surface area contributed by atoms with Gasteiger partial charge in [0.25, 0.3) is 0 Å². The highest BCUT2D eigenvalue weighted by Gasteiger charge is 2.37. The van der Waals surface area contributed by atoms with Gasteiger partial charge in [-0.2, -0.15) is 4.31 Å². The van der Waals surface area contributed by atoms with Crippen LogP contribution in [0.5, 0.6) is 0 Å². The average Bonchev–Trinajstić information content (AvgIpc) is 3.11. The van der Waals surface area contributed by atoms with E-state index in [1.807, 2.05) is 55.6 Å². The summed E-state index contributed by atoms with van der Waals surface area (Å²) < 4.78 is 30.3. The smallest absolute Gasteiger partial charge is 0.244 e. The predicted molar refractivity (Wildman–Crippen MR) is 97.8 cm³/mol. The molecular weight excluding hydrogens is 332 g/mol. The fourth-order valence-corrected chi connectivity index (χ4v) is 5.04. The number of rotatable bonds is 3. The van der Waals surface area contributed by atoms with Gasteiger partial charge in [-0.3, -0.25) is 0 Å². The number of nitrogens with zero attached hydrogens (tertiary/aromatic N) is 2. The van der Waals surface area contributed by atoms with Crippen molar-refractivity contribution in [3.63, 3.8) is 0 Å². The van der Waals surface area contributed by atoms with Gasteiger partial charge in [0.1, 0.15) is 0 Å². The van der Waals surface area contributed by atoms with Gasteiger partial charge in [-0.15, -0.1) is 0 Å². The maximum absolute atomic E-state index is 13.3. The molecule has 1 aliphatic rings. The molecule has 0 fully saturated rings. The van der Waals surface area contributed by atoms with Crippen molar-refractivity contribution in [1.29, 1.82) is 0 Å². The lowest BCUT2D eigenvalue weighted by molar-refractivity contribution is 0.298. The minimum Gasteiger partial charge on any atom is -0.348 e. The van der Waals surface area contributed by atoms with E-state index in [2.05, 4.69) is 4.57 Å². The molecule has 0 aliphatic carbocycles. The minimum absolute atomic E-state index is 0.311. The van der Waals surface area contributed by atoms with E-state index in [1.54, 1.807) is 28.6 Å². The first kappa shape index (κ1) is 16.1. The molecule has 4 nitrogen and oxygen atoms in total. The highest BCUT2D eigenvalue weighted by Crippen LogP contribution is 2.36. The lowest BCUT2D eigenvalue weighted by atomic mass is 10.0. The number of hydrogen-bond donors (Lipinski definition) is 0. The second kappa shape index (κ2) is 6.17. The van der Waals surface area contributed by atoms with Crippen LogP contribution in [-0.4, -0.2) is 23.8 Å². The first-order chi connectivity index (χ1) is 12.1. The zero-order chi connectivity index (χ0) is 17.4. The first-order valence-corrected chi connectivity index (χ1v) is 9.80. The summed E-state index contributed by atoms with van der Waals surface area (Å²) in [5.41, 5.74) is 3.16. The van der Waals surface area contributed by atoms with Crippen LogP contribution < -0.4 is 0 Å². The second-order valence-electron chi connectivity index (χ2n) is 6.37.